The Labute approximate surface area is 233 Å². The normalized spacial score (nSPS) is 47.5. The molecule has 0 amide bonds. The first kappa shape index (κ1) is 27.8. The lowest BCUT2D eigenvalue weighted by Crippen LogP contribution is -2.51. The molecule has 9 atom stereocenters. The zero-order chi connectivity index (χ0) is 28.9. The third kappa shape index (κ3) is 3.68. The molecule has 10 heteroatoms. The Kier molecular flexibility index (Phi) is 6.11. The largest absolute Gasteiger partial charge is 0.456 e. The van der Waals surface area contributed by atoms with Crippen molar-refractivity contribution >= 4 is 23.5 Å². The number of carbonyl (C=O) groups excluding carboxylic acids is 4. The van der Waals surface area contributed by atoms with E-state index in [9.17, 15) is 24.3 Å². The molecule has 0 aromatic heterocycles. The zero-order valence-corrected chi connectivity index (χ0v) is 23.7. The summed E-state index contributed by atoms with van der Waals surface area (Å²) in [6.07, 6.45) is 4.89. The maximum atomic E-state index is 14.2. The molecule has 5 heterocycles. The van der Waals surface area contributed by atoms with Crippen LogP contribution in [0.15, 0.2) is 23.5 Å². The van der Waals surface area contributed by atoms with Crippen LogP contribution >= 0.6 is 0 Å². The minimum absolute atomic E-state index is 0.0546. The van der Waals surface area contributed by atoms with Crippen LogP contribution in [0.4, 0.5) is 0 Å². The van der Waals surface area contributed by atoms with Crippen LogP contribution in [0.5, 0.6) is 0 Å². The lowest BCUT2D eigenvalue weighted by Gasteiger charge is -2.41. The number of aliphatic hydroxyl groups excluding tert-OH is 1. The van der Waals surface area contributed by atoms with E-state index < -0.39 is 51.9 Å². The van der Waals surface area contributed by atoms with Crippen molar-refractivity contribution in [2.75, 3.05) is 13.7 Å². The van der Waals surface area contributed by atoms with Gasteiger partial charge in [-0.15, -0.1) is 0 Å². The summed E-state index contributed by atoms with van der Waals surface area (Å²) in [6.45, 7) is 6.86. The second-order valence-corrected chi connectivity index (χ2v) is 13.2. The first-order valence-electron chi connectivity index (χ1n) is 14.2. The van der Waals surface area contributed by atoms with Gasteiger partial charge in [-0.1, -0.05) is 13.8 Å². The number of ketones is 2. The van der Waals surface area contributed by atoms with Gasteiger partial charge in [0.1, 0.15) is 23.2 Å². The van der Waals surface area contributed by atoms with Gasteiger partial charge in [0.15, 0.2) is 5.78 Å². The van der Waals surface area contributed by atoms with E-state index in [2.05, 4.69) is 0 Å². The topological polar surface area (TPSA) is 135 Å². The van der Waals surface area contributed by atoms with Crippen molar-refractivity contribution in [2.45, 2.75) is 101 Å². The maximum absolute atomic E-state index is 14.2. The monoisotopic (exact) mass is 558 g/mol. The Morgan fingerprint density at radius 3 is 2.60 bits per heavy atom. The molecule has 5 aliphatic heterocycles. The van der Waals surface area contributed by atoms with Crippen LogP contribution in [0.1, 0.15) is 72.6 Å². The quantitative estimate of drug-likeness (QED) is 0.502. The van der Waals surface area contributed by atoms with Gasteiger partial charge in [-0.2, -0.15) is 0 Å². The van der Waals surface area contributed by atoms with Crippen molar-refractivity contribution in [3.8, 4) is 0 Å². The highest BCUT2D eigenvalue weighted by Gasteiger charge is 2.75. The third-order valence-corrected chi connectivity index (χ3v) is 10.6. The van der Waals surface area contributed by atoms with Gasteiger partial charge in [0.25, 0.3) is 0 Å². The number of methoxy groups -OCH3 is 1. The molecular weight excluding hydrogens is 520 g/mol. The highest BCUT2D eigenvalue weighted by atomic mass is 16.7. The molecule has 0 aromatic rings. The molecule has 0 radical (unpaired) electrons. The fraction of sp³-hybridized carbons (Fsp3) is 0.733. The van der Waals surface area contributed by atoms with Gasteiger partial charge < -0.3 is 28.8 Å². The molecule has 6 rings (SSSR count). The maximum Gasteiger partial charge on any atom is 0.339 e. The lowest BCUT2D eigenvalue weighted by molar-refractivity contribution is -0.247. The summed E-state index contributed by atoms with van der Waals surface area (Å²) in [5, 5.41) is 10.3. The standard InChI is InChI=1S/C30H38O10/c1-16(10-18-11-17(2)25(35)37-18)23(33)26(3)8-9-28-14-29-20(27(4,15-31)38-21(29)12-22(32)39-29)7-6-19(28)24(34)30(13-26,36-5)40-28/h10-11,16,19-21,31H,6-9,12-15H2,1-5H3/b18-10-/t16-,19+,20+,21-,26+,27+,28+,29-,30-/m1/s1. The minimum atomic E-state index is -1.61. The van der Waals surface area contributed by atoms with Gasteiger partial charge in [0, 0.05) is 42.8 Å². The van der Waals surface area contributed by atoms with Gasteiger partial charge in [-0.3, -0.25) is 14.4 Å². The van der Waals surface area contributed by atoms with Crippen LogP contribution in [0, 0.1) is 23.2 Å². The second kappa shape index (κ2) is 8.80. The molecule has 2 spiro atoms. The van der Waals surface area contributed by atoms with E-state index in [0.29, 0.717) is 37.0 Å². The van der Waals surface area contributed by atoms with E-state index in [1.165, 1.54) is 7.11 Å². The predicted octanol–water partition coefficient (Wildman–Crippen LogP) is 2.70. The highest BCUT2D eigenvalue weighted by Crippen LogP contribution is 2.64. The van der Waals surface area contributed by atoms with Crippen molar-refractivity contribution in [2.24, 2.45) is 23.2 Å². The minimum Gasteiger partial charge on any atom is -0.456 e. The first-order chi connectivity index (χ1) is 18.8. The molecule has 5 fully saturated rings. The summed E-state index contributed by atoms with van der Waals surface area (Å²) in [5.41, 5.74) is -3.46. The summed E-state index contributed by atoms with van der Waals surface area (Å²) >= 11 is 0. The Bertz CT molecular complexity index is 1250. The summed E-state index contributed by atoms with van der Waals surface area (Å²) in [5.74, 6) is -3.75. The molecule has 1 N–H and O–H groups in total. The number of aliphatic hydroxyl groups is 1. The number of allylic oxidation sites excluding steroid dienone is 2. The van der Waals surface area contributed by atoms with E-state index in [-0.39, 0.29) is 49.3 Å². The number of cyclic esters (lactones) is 1. The molecular formula is C30H38O10. The van der Waals surface area contributed by atoms with Crippen LogP contribution in [0.2, 0.25) is 0 Å². The summed E-state index contributed by atoms with van der Waals surface area (Å²) in [4.78, 5) is 52.6. The highest BCUT2D eigenvalue weighted by molar-refractivity contribution is 5.95. The van der Waals surface area contributed by atoms with Crippen molar-refractivity contribution < 1.29 is 48.0 Å². The van der Waals surface area contributed by atoms with E-state index in [0.717, 1.165) is 0 Å². The number of fused-ring (bicyclic) bond motifs is 1. The van der Waals surface area contributed by atoms with E-state index in [1.54, 1.807) is 26.0 Å². The Morgan fingerprint density at radius 2 is 1.95 bits per heavy atom. The Hall–Kier alpha value is -2.40. The van der Waals surface area contributed by atoms with Crippen molar-refractivity contribution in [1.82, 2.24) is 0 Å². The van der Waals surface area contributed by atoms with Gasteiger partial charge in [0.2, 0.25) is 5.79 Å². The smallest absolute Gasteiger partial charge is 0.339 e. The van der Waals surface area contributed by atoms with Gasteiger partial charge in [-0.05, 0) is 51.7 Å². The molecule has 6 aliphatic rings. The zero-order valence-electron chi connectivity index (χ0n) is 23.7. The van der Waals surface area contributed by atoms with Crippen molar-refractivity contribution in [1.29, 1.82) is 0 Å². The molecule has 2 bridgehead atoms. The third-order valence-electron chi connectivity index (χ3n) is 10.6. The number of ether oxygens (including phenoxy) is 5. The molecule has 4 saturated heterocycles. The van der Waals surface area contributed by atoms with Crippen LogP contribution in [-0.2, 0) is 42.9 Å². The number of hydrogen-bond donors (Lipinski definition) is 1. The number of hydrogen-bond acceptors (Lipinski definition) is 10. The van der Waals surface area contributed by atoms with E-state index >= 15 is 0 Å². The average Bonchev–Trinajstić information content (AvgIpc) is 3.44. The molecule has 1 saturated carbocycles. The Morgan fingerprint density at radius 1 is 1.20 bits per heavy atom. The summed E-state index contributed by atoms with van der Waals surface area (Å²) in [6, 6.07) is 0. The molecule has 40 heavy (non-hydrogen) atoms. The lowest BCUT2D eigenvalue weighted by atomic mass is 9.64. The number of rotatable bonds is 5. The SMILES string of the molecule is CO[C@@]12C[C@@](C)(C(=O)[C@H](C)/C=C3/C=C(C)C(=O)O3)CC[C@@]3(C[C@]45OC(=O)C[C@H]4O[C@@](C)(CO)[C@@H]5CC[C@H]3C1=O)O2. The van der Waals surface area contributed by atoms with Crippen molar-refractivity contribution in [3.63, 3.8) is 0 Å². The summed E-state index contributed by atoms with van der Waals surface area (Å²) < 4.78 is 30.3. The number of esters is 2. The molecule has 10 nitrogen and oxygen atoms in total. The van der Waals surface area contributed by atoms with E-state index in [4.69, 9.17) is 23.7 Å². The predicted molar refractivity (Wildman–Crippen MR) is 137 cm³/mol. The van der Waals surface area contributed by atoms with Crippen LogP contribution in [0.3, 0.4) is 0 Å². The molecule has 0 aromatic carbocycles. The van der Waals surface area contributed by atoms with Crippen LogP contribution in [0.25, 0.3) is 0 Å². The number of carbonyl (C=O) groups is 4. The van der Waals surface area contributed by atoms with Crippen molar-refractivity contribution in [3.05, 3.63) is 23.5 Å². The Balaban J connectivity index is 1.36. The molecule has 1 aliphatic carbocycles. The summed E-state index contributed by atoms with van der Waals surface area (Å²) in [7, 11) is 1.44. The van der Waals surface area contributed by atoms with Crippen LogP contribution in [-0.4, -0.2) is 71.0 Å². The van der Waals surface area contributed by atoms with Gasteiger partial charge in [0.05, 0.1) is 30.1 Å². The molecule has 218 valence electrons. The number of Topliss-reactive ketones (excluding diaryl/α,β-unsaturated/α-hetero) is 2. The molecule has 0 unspecified atom stereocenters. The fourth-order valence-electron chi connectivity index (χ4n) is 8.68. The average molecular weight is 559 g/mol. The van der Waals surface area contributed by atoms with Gasteiger partial charge >= 0.3 is 11.9 Å². The van der Waals surface area contributed by atoms with Gasteiger partial charge in [-0.25, -0.2) is 4.79 Å². The second-order valence-electron chi connectivity index (χ2n) is 13.2. The van der Waals surface area contributed by atoms with Crippen LogP contribution < -0.4 is 0 Å². The fourth-order valence-corrected chi connectivity index (χ4v) is 8.68. The van der Waals surface area contributed by atoms with E-state index in [1.807, 2.05) is 13.8 Å². The first-order valence-corrected chi connectivity index (χ1v) is 14.2.